The van der Waals surface area contributed by atoms with E-state index >= 15 is 0 Å². The molecule has 1 aromatic heterocycles. The van der Waals surface area contributed by atoms with E-state index in [4.69, 9.17) is 0 Å². The summed E-state index contributed by atoms with van der Waals surface area (Å²) in [5, 5.41) is 3.09. The van der Waals surface area contributed by atoms with Gasteiger partial charge in [-0.15, -0.1) is 0 Å². The van der Waals surface area contributed by atoms with Crippen LogP contribution in [0.1, 0.15) is 22.4 Å². The summed E-state index contributed by atoms with van der Waals surface area (Å²) < 4.78 is 38.2. The van der Waals surface area contributed by atoms with Crippen molar-refractivity contribution in [2.75, 3.05) is 5.32 Å². The Kier molecular flexibility index (Phi) is 5.18. The van der Waals surface area contributed by atoms with Crippen molar-refractivity contribution in [3.63, 3.8) is 0 Å². The molecule has 0 amide bonds. The number of halogens is 3. The van der Waals surface area contributed by atoms with Gasteiger partial charge in [-0.25, -0.2) is 9.97 Å². The van der Waals surface area contributed by atoms with Gasteiger partial charge < -0.3 is 5.32 Å². The molecule has 1 heterocycles. The Morgan fingerprint density at radius 1 is 0.923 bits per heavy atom. The molecule has 0 aliphatic heterocycles. The molecule has 0 bridgehead atoms. The van der Waals surface area contributed by atoms with Gasteiger partial charge in [0, 0.05) is 18.3 Å². The second kappa shape index (κ2) is 7.70. The van der Waals surface area contributed by atoms with E-state index in [1.54, 1.807) is 12.3 Å². The van der Waals surface area contributed by atoms with Crippen LogP contribution in [0.5, 0.6) is 0 Å². The van der Waals surface area contributed by atoms with E-state index in [1.165, 1.54) is 12.1 Å². The average molecular weight is 353 g/mol. The Morgan fingerprint density at radius 3 is 2.50 bits per heavy atom. The van der Waals surface area contributed by atoms with Gasteiger partial charge in [0.25, 0.3) is 0 Å². The Bertz CT molecular complexity index is 942. The van der Waals surface area contributed by atoms with Crippen molar-refractivity contribution in [2.45, 2.75) is 12.7 Å². The van der Waals surface area contributed by atoms with Gasteiger partial charge in [0.2, 0.25) is 5.95 Å². The molecular weight excluding hydrogens is 339 g/mol. The molecule has 2 aromatic carbocycles. The van der Waals surface area contributed by atoms with Gasteiger partial charge in [0.05, 0.1) is 5.56 Å². The van der Waals surface area contributed by atoms with Crippen LogP contribution in [0, 0.1) is 11.8 Å². The minimum atomic E-state index is -4.39. The molecule has 3 aromatic rings. The number of anilines is 1. The fourth-order valence-corrected chi connectivity index (χ4v) is 2.20. The lowest BCUT2D eigenvalue weighted by molar-refractivity contribution is -0.137. The van der Waals surface area contributed by atoms with Crippen LogP contribution >= 0.6 is 0 Å². The van der Waals surface area contributed by atoms with E-state index in [-0.39, 0.29) is 5.56 Å². The molecule has 0 aliphatic carbocycles. The zero-order chi connectivity index (χ0) is 18.4. The molecule has 0 saturated carbocycles. The number of nitrogens with zero attached hydrogens (tertiary/aromatic N) is 2. The van der Waals surface area contributed by atoms with Gasteiger partial charge in [0.1, 0.15) is 5.69 Å². The van der Waals surface area contributed by atoms with Crippen molar-refractivity contribution >= 4 is 5.95 Å². The van der Waals surface area contributed by atoms with Gasteiger partial charge in [-0.1, -0.05) is 42.3 Å². The molecule has 130 valence electrons. The fraction of sp³-hybridized carbons (Fsp3) is 0.100. The lowest BCUT2D eigenvalue weighted by Crippen LogP contribution is -2.04. The first kappa shape index (κ1) is 17.5. The third kappa shape index (κ3) is 4.84. The standard InChI is InChI=1S/C20H14F3N3/c21-20(22,23)17-8-4-7-15(13-17)9-10-18-11-12-24-19(26-18)25-14-16-5-2-1-3-6-16/h1-8,11-13H,14H2,(H,24,25,26). The largest absolute Gasteiger partial charge is 0.416 e. The molecule has 0 atom stereocenters. The number of nitrogens with one attached hydrogen (secondary N) is 1. The van der Waals surface area contributed by atoms with Gasteiger partial charge in [0.15, 0.2) is 0 Å². The van der Waals surface area contributed by atoms with E-state index in [2.05, 4.69) is 27.1 Å². The molecule has 3 nitrogen and oxygen atoms in total. The van der Waals surface area contributed by atoms with Crippen LogP contribution in [-0.2, 0) is 12.7 Å². The third-order valence-electron chi connectivity index (χ3n) is 3.47. The average Bonchev–Trinajstić information content (AvgIpc) is 2.65. The highest BCUT2D eigenvalue weighted by atomic mass is 19.4. The number of rotatable bonds is 3. The highest BCUT2D eigenvalue weighted by Crippen LogP contribution is 2.29. The summed E-state index contributed by atoms with van der Waals surface area (Å²) in [5.74, 6) is 5.88. The molecule has 0 fully saturated rings. The SMILES string of the molecule is FC(F)(F)c1cccc(C#Cc2ccnc(NCc3ccccc3)n2)c1. The highest BCUT2D eigenvalue weighted by Gasteiger charge is 2.30. The van der Waals surface area contributed by atoms with Crippen molar-refractivity contribution in [2.24, 2.45) is 0 Å². The monoisotopic (exact) mass is 353 g/mol. The molecule has 1 N–H and O–H groups in total. The van der Waals surface area contributed by atoms with E-state index < -0.39 is 11.7 Å². The number of aromatic nitrogens is 2. The van der Waals surface area contributed by atoms with Crippen LogP contribution in [0.2, 0.25) is 0 Å². The molecule has 0 aliphatic rings. The van der Waals surface area contributed by atoms with Crippen molar-refractivity contribution in [1.29, 1.82) is 0 Å². The normalized spacial score (nSPS) is 10.7. The lowest BCUT2D eigenvalue weighted by Gasteiger charge is -2.06. The predicted octanol–water partition coefficient (Wildman–Crippen LogP) is 4.51. The summed E-state index contributed by atoms with van der Waals surface area (Å²) in [6.45, 7) is 0.561. The van der Waals surface area contributed by atoms with E-state index in [9.17, 15) is 13.2 Å². The topological polar surface area (TPSA) is 37.8 Å². The first-order valence-corrected chi connectivity index (χ1v) is 7.81. The third-order valence-corrected chi connectivity index (χ3v) is 3.47. The quantitative estimate of drug-likeness (QED) is 0.704. The molecule has 26 heavy (non-hydrogen) atoms. The zero-order valence-electron chi connectivity index (χ0n) is 13.6. The van der Waals surface area contributed by atoms with Gasteiger partial charge in [-0.2, -0.15) is 13.2 Å². The van der Waals surface area contributed by atoms with Crippen LogP contribution in [0.25, 0.3) is 0 Å². The maximum atomic E-state index is 12.7. The second-order valence-corrected chi connectivity index (χ2v) is 5.43. The summed E-state index contributed by atoms with van der Waals surface area (Å²) in [4.78, 5) is 8.37. The maximum absolute atomic E-state index is 12.7. The van der Waals surface area contributed by atoms with Crippen LogP contribution < -0.4 is 5.32 Å². The van der Waals surface area contributed by atoms with Crippen molar-refractivity contribution in [1.82, 2.24) is 9.97 Å². The van der Waals surface area contributed by atoms with Crippen LogP contribution in [0.15, 0.2) is 66.9 Å². The van der Waals surface area contributed by atoms with Gasteiger partial charge in [-0.05, 0) is 35.7 Å². The van der Waals surface area contributed by atoms with Crippen molar-refractivity contribution < 1.29 is 13.2 Å². The Hall–Kier alpha value is -3.33. The Balaban J connectivity index is 1.73. The molecule has 0 radical (unpaired) electrons. The molecule has 0 unspecified atom stereocenters. The van der Waals surface area contributed by atoms with E-state index in [0.29, 0.717) is 18.2 Å². The summed E-state index contributed by atoms with van der Waals surface area (Å²) in [7, 11) is 0. The summed E-state index contributed by atoms with van der Waals surface area (Å²) in [6.07, 6.45) is -2.84. The van der Waals surface area contributed by atoms with Crippen LogP contribution in [0.3, 0.4) is 0 Å². The van der Waals surface area contributed by atoms with Gasteiger partial charge in [-0.3, -0.25) is 0 Å². The first-order chi connectivity index (χ1) is 12.5. The van der Waals surface area contributed by atoms with Crippen molar-refractivity contribution in [3.8, 4) is 11.8 Å². The summed E-state index contributed by atoms with van der Waals surface area (Å²) in [6, 6.07) is 16.3. The van der Waals surface area contributed by atoms with Crippen LogP contribution in [-0.4, -0.2) is 9.97 Å². The lowest BCUT2D eigenvalue weighted by atomic mass is 10.1. The van der Waals surface area contributed by atoms with E-state index in [0.717, 1.165) is 17.7 Å². The molecule has 3 rings (SSSR count). The maximum Gasteiger partial charge on any atom is 0.416 e. The van der Waals surface area contributed by atoms with E-state index in [1.807, 2.05) is 30.3 Å². The molecule has 6 heteroatoms. The minimum Gasteiger partial charge on any atom is -0.350 e. The van der Waals surface area contributed by atoms with Gasteiger partial charge >= 0.3 is 6.18 Å². The highest BCUT2D eigenvalue weighted by molar-refractivity contribution is 5.43. The fourth-order valence-electron chi connectivity index (χ4n) is 2.20. The minimum absolute atomic E-state index is 0.275. The first-order valence-electron chi connectivity index (χ1n) is 7.81. The zero-order valence-corrected chi connectivity index (χ0v) is 13.6. The van der Waals surface area contributed by atoms with Crippen molar-refractivity contribution in [3.05, 3.63) is 89.2 Å². The Morgan fingerprint density at radius 2 is 1.73 bits per heavy atom. The number of hydrogen-bond donors (Lipinski definition) is 1. The number of alkyl halides is 3. The molecule has 0 saturated heterocycles. The second-order valence-electron chi connectivity index (χ2n) is 5.43. The molecular formula is C20H14F3N3. The number of benzene rings is 2. The van der Waals surface area contributed by atoms with Crippen LogP contribution in [0.4, 0.5) is 19.1 Å². The Labute approximate surface area is 148 Å². The predicted molar refractivity (Wildman–Crippen MR) is 93.2 cm³/mol. The number of hydrogen-bond acceptors (Lipinski definition) is 3. The summed E-state index contributed by atoms with van der Waals surface area (Å²) >= 11 is 0. The molecule has 0 spiro atoms. The summed E-state index contributed by atoms with van der Waals surface area (Å²) in [5.41, 5.74) is 1.05. The smallest absolute Gasteiger partial charge is 0.350 e.